The summed E-state index contributed by atoms with van der Waals surface area (Å²) in [5.41, 5.74) is 5.21. The lowest BCUT2D eigenvalue weighted by molar-refractivity contribution is -0.132. The van der Waals surface area contributed by atoms with Gasteiger partial charge in [-0.2, -0.15) is 5.48 Å². The predicted molar refractivity (Wildman–Crippen MR) is 139 cm³/mol. The molecule has 8 nitrogen and oxygen atoms in total. The number of hydrogen-bond acceptors (Lipinski definition) is 5. The third-order valence-electron chi connectivity index (χ3n) is 5.67. The molecule has 0 aliphatic heterocycles. The fourth-order valence-electron chi connectivity index (χ4n) is 3.40. The average Bonchev–Trinajstić information content (AvgIpc) is 2.86. The largest absolute Gasteiger partial charge is 0.497 e. The maximum absolute atomic E-state index is 12.9. The number of nitrogens with one attached hydrogen (secondary N) is 2. The van der Waals surface area contributed by atoms with Crippen LogP contribution >= 0.6 is 0 Å². The standard InChI is InChI=1S/C28H39N3O5/c1-6-7-18-29-25(32)16-17-26(33)30-36-27(34)31(20-22-10-14-24(35-5)15-11-22)19-21-8-12-23(13-9-21)28(2,3)4/h8-15H,6-7,16-20H2,1-5H3,(H,29,32)(H,30,33). The third kappa shape index (κ3) is 9.98. The SMILES string of the molecule is CCCCNC(=O)CCC(=O)NOC(=O)N(Cc1ccc(OC)cc1)Cc1ccc(C(C)(C)C)cc1. The molecule has 0 unspecified atom stereocenters. The minimum atomic E-state index is -0.688. The zero-order valence-electron chi connectivity index (χ0n) is 22.1. The van der Waals surface area contributed by atoms with Crippen molar-refractivity contribution in [3.8, 4) is 5.75 Å². The maximum atomic E-state index is 12.9. The lowest BCUT2D eigenvalue weighted by Crippen LogP contribution is -2.37. The van der Waals surface area contributed by atoms with Gasteiger partial charge in [0.15, 0.2) is 0 Å². The molecule has 0 aliphatic carbocycles. The fourth-order valence-corrected chi connectivity index (χ4v) is 3.40. The van der Waals surface area contributed by atoms with Gasteiger partial charge in [0.1, 0.15) is 5.75 Å². The minimum absolute atomic E-state index is 0.0252. The van der Waals surface area contributed by atoms with Gasteiger partial charge in [0, 0.05) is 32.5 Å². The zero-order chi connectivity index (χ0) is 26.6. The monoisotopic (exact) mass is 497 g/mol. The molecular weight excluding hydrogens is 458 g/mol. The molecule has 2 aromatic carbocycles. The summed E-state index contributed by atoms with van der Waals surface area (Å²) in [6.07, 6.45) is 1.13. The van der Waals surface area contributed by atoms with Crippen LogP contribution in [0.15, 0.2) is 48.5 Å². The van der Waals surface area contributed by atoms with Crippen LogP contribution < -0.4 is 15.5 Å². The van der Waals surface area contributed by atoms with Crippen LogP contribution in [-0.4, -0.2) is 36.5 Å². The van der Waals surface area contributed by atoms with Crippen LogP contribution in [0.3, 0.4) is 0 Å². The smallest absolute Gasteiger partial charge is 0.434 e. The molecule has 0 aromatic heterocycles. The molecule has 0 fully saturated rings. The number of benzene rings is 2. The van der Waals surface area contributed by atoms with E-state index in [2.05, 4.69) is 43.7 Å². The first-order chi connectivity index (χ1) is 17.1. The van der Waals surface area contributed by atoms with Gasteiger partial charge in [-0.25, -0.2) is 4.79 Å². The van der Waals surface area contributed by atoms with Gasteiger partial charge >= 0.3 is 6.09 Å². The Morgan fingerprint density at radius 3 is 1.94 bits per heavy atom. The Labute approximate surface area is 214 Å². The molecule has 0 bridgehead atoms. The van der Waals surface area contributed by atoms with Crippen LogP contribution in [0.2, 0.25) is 0 Å². The second kappa shape index (κ2) is 14.1. The minimum Gasteiger partial charge on any atom is -0.497 e. The van der Waals surface area contributed by atoms with E-state index in [0.717, 1.165) is 29.7 Å². The summed E-state index contributed by atoms with van der Waals surface area (Å²) in [4.78, 5) is 43.4. The molecule has 0 saturated heterocycles. The predicted octanol–water partition coefficient (Wildman–Crippen LogP) is 4.86. The third-order valence-corrected chi connectivity index (χ3v) is 5.67. The Morgan fingerprint density at radius 2 is 1.42 bits per heavy atom. The zero-order valence-corrected chi connectivity index (χ0v) is 22.1. The highest BCUT2D eigenvalue weighted by Crippen LogP contribution is 2.23. The van der Waals surface area contributed by atoms with Crippen molar-refractivity contribution < 1.29 is 24.0 Å². The first-order valence-corrected chi connectivity index (χ1v) is 12.4. The van der Waals surface area contributed by atoms with Crippen molar-refractivity contribution in [2.45, 2.75) is 71.9 Å². The van der Waals surface area contributed by atoms with Gasteiger partial charge in [-0.1, -0.05) is 70.5 Å². The number of unbranched alkanes of at least 4 members (excludes halogenated alkanes) is 1. The molecule has 196 valence electrons. The maximum Gasteiger partial charge on any atom is 0.434 e. The van der Waals surface area contributed by atoms with Crippen LogP contribution in [0, 0.1) is 0 Å². The molecule has 0 radical (unpaired) electrons. The molecule has 36 heavy (non-hydrogen) atoms. The van der Waals surface area contributed by atoms with E-state index < -0.39 is 12.0 Å². The van der Waals surface area contributed by atoms with Gasteiger partial charge in [0.2, 0.25) is 5.91 Å². The first-order valence-electron chi connectivity index (χ1n) is 12.4. The molecule has 0 saturated carbocycles. The molecule has 2 aromatic rings. The van der Waals surface area contributed by atoms with Gasteiger partial charge in [-0.15, -0.1) is 0 Å². The van der Waals surface area contributed by atoms with E-state index in [1.165, 1.54) is 10.5 Å². The second-order valence-electron chi connectivity index (χ2n) is 9.75. The number of carbonyl (C=O) groups excluding carboxylic acids is 3. The number of methoxy groups -OCH3 is 1. The number of rotatable bonds is 11. The quantitative estimate of drug-likeness (QED) is 0.341. The van der Waals surface area contributed by atoms with Crippen molar-refractivity contribution in [3.05, 3.63) is 65.2 Å². The summed E-state index contributed by atoms with van der Waals surface area (Å²) in [7, 11) is 1.59. The highest BCUT2D eigenvalue weighted by Gasteiger charge is 2.19. The van der Waals surface area contributed by atoms with E-state index in [-0.39, 0.29) is 30.7 Å². The van der Waals surface area contributed by atoms with E-state index in [1.807, 2.05) is 43.3 Å². The van der Waals surface area contributed by atoms with Gasteiger partial charge in [-0.3, -0.25) is 14.5 Å². The van der Waals surface area contributed by atoms with Crippen LogP contribution in [0.25, 0.3) is 0 Å². The van der Waals surface area contributed by atoms with Gasteiger partial charge in [0.25, 0.3) is 5.91 Å². The number of hydroxylamine groups is 1. The summed E-state index contributed by atoms with van der Waals surface area (Å²) in [6.45, 7) is 9.63. The van der Waals surface area contributed by atoms with Crippen molar-refractivity contribution in [1.29, 1.82) is 0 Å². The van der Waals surface area contributed by atoms with Crippen LogP contribution in [-0.2, 0) is 32.9 Å². The lowest BCUT2D eigenvalue weighted by atomic mass is 9.87. The van der Waals surface area contributed by atoms with E-state index in [4.69, 9.17) is 9.57 Å². The number of ether oxygens (including phenoxy) is 1. The Balaban J connectivity index is 2.00. The van der Waals surface area contributed by atoms with Crippen LogP contribution in [0.4, 0.5) is 4.79 Å². The summed E-state index contributed by atoms with van der Waals surface area (Å²) >= 11 is 0. The molecule has 2 N–H and O–H groups in total. The number of amides is 3. The molecule has 0 atom stereocenters. The molecule has 0 aliphatic rings. The van der Waals surface area contributed by atoms with Crippen LogP contribution in [0.5, 0.6) is 5.75 Å². The summed E-state index contributed by atoms with van der Waals surface area (Å²) in [5.74, 6) is -0.0191. The fraction of sp³-hybridized carbons (Fsp3) is 0.464. The van der Waals surface area contributed by atoms with Crippen molar-refractivity contribution >= 4 is 17.9 Å². The highest BCUT2D eigenvalue weighted by atomic mass is 16.7. The van der Waals surface area contributed by atoms with Gasteiger partial charge < -0.3 is 14.9 Å². The Hall–Kier alpha value is -3.55. The molecule has 2 rings (SSSR count). The van der Waals surface area contributed by atoms with E-state index >= 15 is 0 Å². The normalized spacial score (nSPS) is 10.9. The molecule has 0 heterocycles. The first kappa shape index (κ1) is 28.7. The van der Waals surface area contributed by atoms with E-state index in [1.54, 1.807) is 7.11 Å². The Bertz CT molecular complexity index is 982. The second-order valence-corrected chi connectivity index (χ2v) is 9.75. The Morgan fingerprint density at radius 1 is 0.861 bits per heavy atom. The number of carbonyl (C=O) groups is 3. The van der Waals surface area contributed by atoms with Gasteiger partial charge in [-0.05, 0) is 40.7 Å². The number of hydrogen-bond donors (Lipinski definition) is 2. The van der Waals surface area contributed by atoms with Crippen LogP contribution in [0.1, 0.15) is 70.1 Å². The average molecular weight is 498 g/mol. The van der Waals surface area contributed by atoms with Crippen molar-refractivity contribution in [2.75, 3.05) is 13.7 Å². The summed E-state index contributed by atoms with van der Waals surface area (Å²) in [5, 5.41) is 2.75. The number of nitrogens with zero attached hydrogens (tertiary/aromatic N) is 1. The van der Waals surface area contributed by atoms with E-state index in [0.29, 0.717) is 13.1 Å². The molecule has 0 spiro atoms. The van der Waals surface area contributed by atoms with Crippen molar-refractivity contribution in [1.82, 2.24) is 15.7 Å². The van der Waals surface area contributed by atoms with Crippen molar-refractivity contribution in [2.24, 2.45) is 0 Å². The summed E-state index contributed by atoms with van der Waals surface area (Å²) in [6, 6.07) is 15.5. The van der Waals surface area contributed by atoms with E-state index in [9.17, 15) is 14.4 Å². The van der Waals surface area contributed by atoms with Crippen molar-refractivity contribution in [3.63, 3.8) is 0 Å². The molecular formula is C28H39N3O5. The molecule has 8 heteroatoms. The lowest BCUT2D eigenvalue weighted by Gasteiger charge is -2.23. The highest BCUT2D eigenvalue weighted by molar-refractivity contribution is 5.83. The Kier molecular flexibility index (Phi) is 11.2. The van der Waals surface area contributed by atoms with Gasteiger partial charge in [0.05, 0.1) is 7.11 Å². The molecule has 3 amide bonds. The topological polar surface area (TPSA) is 97.0 Å². The summed E-state index contributed by atoms with van der Waals surface area (Å²) < 4.78 is 5.21.